The van der Waals surface area contributed by atoms with Crippen molar-refractivity contribution in [3.63, 3.8) is 0 Å². The SMILES string of the molecule is c1ccc(CN2CC(NC3CC3)C2)cc1. The number of benzene rings is 1. The van der Waals surface area contributed by atoms with Gasteiger partial charge >= 0.3 is 0 Å². The Morgan fingerprint density at radius 3 is 2.47 bits per heavy atom. The lowest BCUT2D eigenvalue weighted by Gasteiger charge is -2.40. The number of hydrogen-bond donors (Lipinski definition) is 1. The molecule has 15 heavy (non-hydrogen) atoms. The summed E-state index contributed by atoms with van der Waals surface area (Å²) in [6, 6.07) is 12.4. The first-order chi connectivity index (χ1) is 7.40. The van der Waals surface area contributed by atoms with Crippen LogP contribution in [0.15, 0.2) is 30.3 Å². The molecule has 0 atom stereocenters. The molecule has 0 aromatic heterocycles. The van der Waals surface area contributed by atoms with Gasteiger partial charge in [0, 0.05) is 31.7 Å². The van der Waals surface area contributed by atoms with Gasteiger partial charge in [0.25, 0.3) is 0 Å². The van der Waals surface area contributed by atoms with E-state index in [1.165, 1.54) is 31.5 Å². The van der Waals surface area contributed by atoms with E-state index in [0.717, 1.165) is 18.6 Å². The van der Waals surface area contributed by atoms with Crippen molar-refractivity contribution in [1.29, 1.82) is 0 Å². The van der Waals surface area contributed by atoms with Crippen LogP contribution in [0.5, 0.6) is 0 Å². The minimum Gasteiger partial charge on any atom is -0.309 e. The Kier molecular flexibility index (Phi) is 2.47. The second-order valence-electron chi connectivity index (χ2n) is 4.82. The highest BCUT2D eigenvalue weighted by molar-refractivity contribution is 5.15. The first-order valence-electron chi connectivity index (χ1n) is 5.92. The van der Waals surface area contributed by atoms with Gasteiger partial charge in [-0.25, -0.2) is 0 Å². The summed E-state index contributed by atoms with van der Waals surface area (Å²) in [6.45, 7) is 3.57. The average molecular weight is 202 g/mol. The number of nitrogens with zero attached hydrogens (tertiary/aromatic N) is 1. The van der Waals surface area contributed by atoms with E-state index in [9.17, 15) is 0 Å². The third-order valence-electron chi connectivity index (χ3n) is 3.25. The van der Waals surface area contributed by atoms with Gasteiger partial charge in [-0.1, -0.05) is 30.3 Å². The summed E-state index contributed by atoms with van der Waals surface area (Å²) < 4.78 is 0. The summed E-state index contributed by atoms with van der Waals surface area (Å²) in [4.78, 5) is 2.51. The average Bonchev–Trinajstić information content (AvgIpc) is 3.00. The Morgan fingerprint density at radius 1 is 1.07 bits per heavy atom. The molecule has 80 valence electrons. The summed E-state index contributed by atoms with van der Waals surface area (Å²) >= 11 is 0. The van der Waals surface area contributed by atoms with Crippen molar-refractivity contribution in [3.8, 4) is 0 Å². The molecule has 1 heterocycles. The van der Waals surface area contributed by atoms with Crippen molar-refractivity contribution < 1.29 is 0 Å². The minimum absolute atomic E-state index is 0.765. The summed E-state index contributed by atoms with van der Waals surface area (Å²) in [6.07, 6.45) is 2.80. The summed E-state index contributed by atoms with van der Waals surface area (Å²) in [7, 11) is 0. The second-order valence-corrected chi connectivity index (χ2v) is 4.82. The summed E-state index contributed by atoms with van der Waals surface area (Å²) in [5, 5.41) is 3.66. The van der Waals surface area contributed by atoms with Gasteiger partial charge in [-0.3, -0.25) is 4.90 Å². The predicted octanol–water partition coefficient (Wildman–Crippen LogP) is 1.62. The maximum Gasteiger partial charge on any atom is 0.0325 e. The van der Waals surface area contributed by atoms with Gasteiger partial charge in [0.2, 0.25) is 0 Å². The molecule has 3 rings (SSSR count). The minimum atomic E-state index is 0.765. The molecule has 2 fully saturated rings. The molecule has 0 unspecified atom stereocenters. The van der Waals surface area contributed by atoms with Crippen molar-refractivity contribution >= 4 is 0 Å². The standard InChI is InChI=1S/C13H18N2/c1-2-4-11(5-3-1)8-15-9-13(10-15)14-12-6-7-12/h1-5,12-14H,6-10H2. The van der Waals surface area contributed by atoms with Gasteiger partial charge in [0.15, 0.2) is 0 Å². The van der Waals surface area contributed by atoms with Gasteiger partial charge in [-0.2, -0.15) is 0 Å². The molecule has 0 spiro atoms. The van der Waals surface area contributed by atoms with Crippen LogP contribution in [0.1, 0.15) is 18.4 Å². The smallest absolute Gasteiger partial charge is 0.0325 e. The maximum absolute atomic E-state index is 3.66. The Labute approximate surface area is 91.3 Å². The van der Waals surface area contributed by atoms with E-state index in [-0.39, 0.29) is 0 Å². The fourth-order valence-electron chi connectivity index (χ4n) is 2.23. The molecule has 2 nitrogen and oxygen atoms in total. The highest BCUT2D eigenvalue weighted by Crippen LogP contribution is 2.22. The van der Waals surface area contributed by atoms with Crippen molar-refractivity contribution in [3.05, 3.63) is 35.9 Å². The van der Waals surface area contributed by atoms with Gasteiger partial charge < -0.3 is 5.32 Å². The van der Waals surface area contributed by atoms with Crippen LogP contribution in [-0.2, 0) is 6.54 Å². The van der Waals surface area contributed by atoms with Crippen LogP contribution >= 0.6 is 0 Å². The second kappa shape index (κ2) is 3.95. The summed E-state index contributed by atoms with van der Waals surface area (Å²) in [5.41, 5.74) is 1.43. The topological polar surface area (TPSA) is 15.3 Å². The molecule has 1 aromatic rings. The van der Waals surface area contributed by atoms with E-state index in [4.69, 9.17) is 0 Å². The lowest BCUT2D eigenvalue weighted by Crippen LogP contribution is -2.57. The van der Waals surface area contributed by atoms with Gasteiger partial charge in [0.1, 0.15) is 0 Å². The zero-order chi connectivity index (χ0) is 10.1. The number of rotatable bonds is 4. The van der Waals surface area contributed by atoms with Gasteiger partial charge in [-0.15, -0.1) is 0 Å². The zero-order valence-corrected chi connectivity index (χ0v) is 9.02. The molecule has 0 radical (unpaired) electrons. The third kappa shape index (κ3) is 2.39. The first kappa shape index (κ1) is 9.37. The van der Waals surface area contributed by atoms with E-state index in [0.29, 0.717) is 0 Å². The van der Waals surface area contributed by atoms with Crippen molar-refractivity contribution in [2.75, 3.05) is 13.1 Å². The first-order valence-corrected chi connectivity index (χ1v) is 5.92. The van der Waals surface area contributed by atoms with Crippen LogP contribution < -0.4 is 5.32 Å². The number of likely N-dealkylation sites (tertiary alicyclic amines) is 1. The van der Waals surface area contributed by atoms with Crippen LogP contribution in [0.25, 0.3) is 0 Å². The van der Waals surface area contributed by atoms with E-state index in [1.807, 2.05) is 0 Å². The fourth-order valence-corrected chi connectivity index (χ4v) is 2.23. The quantitative estimate of drug-likeness (QED) is 0.798. The van der Waals surface area contributed by atoms with Crippen LogP contribution in [0, 0.1) is 0 Å². The Hall–Kier alpha value is -0.860. The molecule has 1 aromatic carbocycles. The van der Waals surface area contributed by atoms with Crippen molar-refractivity contribution in [1.82, 2.24) is 10.2 Å². The molecule has 0 bridgehead atoms. The molecule has 1 aliphatic carbocycles. The van der Waals surface area contributed by atoms with Gasteiger partial charge in [0.05, 0.1) is 0 Å². The van der Waals surface area contributed by atoms with E-state index in [2.05, 4.69) is 40.5 Å². The lowest BCUT2D eigenvalue weighted by molar-refractivity contribution is 0.117. The van der Waals surface area contributed by atoms with Gasteiger partial charge in [-0.05, 0) is 18.4 Å². The number of hydrogen-bond acceptors (Lipinski definition) is 2. The molecule has 2 aliphatic rings. The Balaban J connectivity index is 1.43. The maximum atomic E-state index is 3.66. The van der Waals surface area contributed by atoms with E-state index >= 15 is 0 Å². The largest absolute Gasteiger partial charge is 0.309 e. The zero-order valence-electron chi connectivity index (χ0n) is 9.02. The lowest BCUT2D eigenvalue weighted by atomic mass is 10.1. The van der Waals surface area contributed by atoms with E-state index < -0.39 is 0 Å². The molecule has 1 N–H and O–H groups in total. The van der Waals surface area contributed by atoms with Crippen molar-refractivity contribution in [2.24, 2.45) is 0 Å². The summed E-state index contributed by atoms with van der Waals surface area (Å²) in [5.74, 6) is 0. The highest BCUT2D eigenvalue weighted by atomic mass is 15.3. The molecule has 1 aliphatic heterocycles. The molecular weight excluding hydrogens is 184 g/mol. The molecular formula is C13H18N2. The predicted molar refractivity (Wildman–Crippen MR) is 61.7 cm³/mol. The third-order valence-corrected chi connectivity index (χ3v) is 3.25. The van der Waals surface area contributed by atoms with Crippen molar-refractivity contribution in [2.45, 2.75) is 31.5 Å². The monoisotopic (exact) mass is 202 g/mol. The molecule has 1 saturated heterocycles. The number of nitrogens with one attached hydrogen (secondary N) is 1. The molecule has 1 saturated carbocycles. The van der Waals surface area contributed by atoms with Crippen LogP contribution in [0.4, 0.5) is 0 Å². The Bertz CT molecular complexity index is 313. The normalized spacial score (nSPS) is 22.7. The van der Waals surface area contributed by atoms with Crippen LogP contribution in [0.2, 0.25) is 0 Å². The Morgan fingerprint density at radius 2 is 1.80 bits per heavy atom. The highest BCUT2D eigenvalue weighted by Gasteiger charge is 2.31. The molecule has 2 heteroatoms. The van der Waals surface area contributed by atoms with Crippen LogP contribution in [-0.4, -0.2) is 30.1 Å². The fraction of sp³-hybridized carbons (Fsp3) is 0.538. The van der Waals surface area contributed by atoms with E-state index in [1.54, 1.807) is 0 Å². The molecule has 0 amide bonds. The van der Waals surface area contributed by atoms with Crippen LogP contribution in [0.3, 0.4) is 0 Å².